The van der Waals surface area contributed by atoms with Crippen molar-refractivity contribution in [2.24, 2.45) is 7.05 Å². The third-order valence-electron chi connectivity index (χ3n) is 4.22. The minimum Gasteiger partial charge on any atom is -0.326 e. The summed E-state index contributed by atoms with van der Waals surface area (Å²) in [5.41, 5.74) is 1.63. The zero-order valence-electron chi connectivity index (χ0n) is 17.0. The molecule has 0 saturated carbocycles. The van der Waals surface area contributed by atoms with E-state index in [1.807, 2.05) is 0 Å². The maximum absolute atomic E-state index is 12.6. The molecule has 0 spiro atoms. The van der Waals surface area contributed by atoms with Gasteiger partial charge in [0.2, 0.25) is 21.8 Å². The first-order valence-electron chi connectivity index (χ1n) is 9.19. The van der Waals surface area contributed by atoms with Gasteiger partial charge >= 0.3 is 0 Å². The number of carbonyl (C=O) groups is 2. The van der Waals surface area contributed by atoms with E-state index in [9.17, 15) is 18.0 Å². The Morgan fingerprint density at radius 2 is 1.74 bits per heavy atom. The van der Waals surface area contributed by atoms with Gasteiger partial charge in [-0.15, -0.1) is 5.10 Å². The molecule has 1 heterocycles. The van der Waals surface area contributed by atoms with E-state index < -0.39 is 22.0 Å². The largest absolute Gasteiger partial charge is 0.326 e. The van der Waals surface area contributed by atoms with Crippen LogP contribution in [0.2, 0.25) is 0 Å². The van der Waals surface area contributed by atoms with Crippen LogP contribution in [0.3, 0.4) is 0 Å². The number of aromatic nitrogens is 4. The number of amides is 2. The van der Waals surface area contributed by atoms with Crippen molar-refractivity contribution in [2.45, 2.75) is 24.8 Å². The van der Waals surface area contributed by atoms with Gasteiger partial charge in [-0.3, -0.25) is 9.59 Å². The standard InChI is InChI=1S/C19H21N7O4S/c1-12(23-31(29,30)17-9-7-15(8-10-17)20-13(2)27)19(28)21-16-6-4-5-14(11-16)18-22-24-25-26(18)3/h4-12,23H,1-3H3,(H,20,27)(H,21,28)/t12-/m0/s1. The van der Waals surface area contributed by atoms with E-state index in [1.165, 1.54) is 42.8 Å². The van der Waals surface area contributed by atoms with E-state index >= 15 is 0 Å². The maximum atomic E-state index is 12.6. The average molecular weight is 443 g/mol. The Bertz CT molecular complexity index is 1210. The highest BCUT2D eigenvalue weighted by molar-refractivity contribution is 7.89. The smallest absolute Gasteiger partial charge is 0.242 e. The number of tetrazole rings is 1. The van der Waals surface area contributed by atoms with E-state index in [0.717, 1.165) is 0 Å². The summed E-state index contributed by atoms with van der Waals surface area (Å²) in [5, 5.41) is 16.5. The number of nitrogens with zero attached hydrogens (tertiary/aromatic N) is 4. The Labute approximate surface area is 178 Å². The van der Waals surface area contributed by atoms with Crippen LogP contribution >= 0.6 is 0 Å². The molecule has 1 aromatic heterocycles. The zero-order chi connectivity index (χ0) is 22.6. The van der Waals surface area contributed by atoms with Crippen molar-refractivity contribution < 1.29 is 18.0 Å². The highest BCUT2D eigenvalue weighted by atomic mass is 32.2. The first kappa shape index (κ1) is 22.1. The van der Waals surface area contributed by atoms with Crippen LogP contribution in [0.5, 0.6) is 0 Å². The molecule has 0 aliphatic heterocycles. The van der Waals surface area contributed by atoms with Gasteiger partial charge in [0.1, 0.15) is 0 Å². The monoisotopic (exact) mass is 443 g/mol. The Morgan fingerprint density at radius 3 is 2.35 bits per heavy atom. The number of rotatable bonds is 7. The summed E-state index contributed by atoms with van der Waals surface area (Å²) in [6.45, 7) is 2.79. The van der Waals surface area contributed by atoms with Gasteiger partial charge < -0.3 is 10.6 Å². The van der Waals surface area contributed by atoms with Crippen molar-refractivity contribution in [3.05, 3.63) is 48.5 Å². The number of hydrogen-bond donors (Lipinski definition) is 3. The van der Waals surface area contributed by atoms with Gasteiger partial charge in [0.05, 0.1) is 10.9 Å². The molecule has 0 saturated heterocycles. The van der Waals surface area contributed by atoms with Gasteiger partial charge in [0.15, 0.2) is 5.82 Å². The molecular formula is C19H21N7O4S. The van der Waals surface area contributed by atoms with E-state index in [1.54, 1.807) is 31.3 Å². The summed E-state index contributed by atoms with van der Waals surface area (Å²) >= 11 is 0. The average Bonchev–Trinajstić information content (AvgIpc) is 3.13. The minimum atomic E-state index is -3.94. The van der Waals surface area contributed by atoms with E-state index in [2.05, 4.69) is 30.9 Å². The molecule has 1 atom stereocenters. The van der Waals surface area contributed by atoms with Gasteiger partial charge in [-0.25, -0.2) is 13.1 Å². The molecule has 0 unspecified atom stereocenters. The molecule has 162 valence electrons. The molecule has 0 aliphatic rings. The minimum absolute atomic E-state index is 0.0296. The van der Waals surface area contributed by atoms with Crippen LogP contribution in [0.4, 0.5) is 11.4 Å². The Morgan fingerprint density at radius 1 is 1.03 bits per heavy atom. The van der Waals surface area contributed by atoms with Crippen LogP contribution in [0.1, 0.15) is 13.8 Å². The normalized spacial score (nSPS) is 12.2. The second kappa shape index (κ2) is 9.02. The van der Waals surface area contributed by atoms with Crippen LogP contribution in [-0.2, 0) is 26.7 Å². The SMILES string of the molecule is CC(=O)Nc1ccc(S(=O)(=O)N[C@@H](C)C(=O)Nc2cccc(-c3nnnn3C)c2)cc1. The molecule has 0 aliphatic carbocycles. The topological polar surface area (TPSA) is 148 Å². The molecule has 3 N–H and O–H groups in total. The molecule has 2 aromatic carbocycles. The third-order valence-corrected chi connectivity index (χ3v) is 5.78. The van der Waals surface area contributed by atoms with Crippen LogP contribution in [0.25, 0.3) is 11.4 Å². The lowest BCUT2D eigenvalue weighted by molar-refractivity contribution is -0.117. The number of benzene rings is 2. The van der Waals surface area contributed by atoms with Gasteiger partial charge in [-0.2, -0.15) is 4.72 Å². The third kappa shape index (κ3) is 5.49. The Kier molecular flexibility index (Phi) is 6.42. The molecule has 11 nitrogen and oxygen atoms in total. The summed E-state index contributed by atoms with van der Waals surface area (Å²) in [7, 11) is -2.25. The first-order chi connectivity index (χ1) is 14.7. The first-order valence-corrected chi connectivity index (χ1v) is 10.7. The maximum Gasteiger partial charge on any atom is 0.242 e. The summed E-state index contributed by atoms with van der Waals surface area (Å²) in [6.07, 6.45) is 0. The number of nitrogens with one attached hydrogen (secondary N) is 3. The fourth-order valence-corrected chi connectivity index (χ4v) is 3.94. The molecule has 2 amide bonds. The number of sulfonamides is 1. The fourth-order valence-electron chi connectivity index (χ4n) is 2.74. The lowest BCUT2D eigenvalue weighted by atomic mass is 10.2. The second-order valence-corrected chi connectivity index (χ2v) is 8.46. The highest BCUT2D eigenvalue weighted by Crippen LogP contribution is 2.20. The molecule has 31 heavy (non-hydrogen) atoms. The van der Waals surface area contributed by atoms with Gasteiger partial charge in [0.25, 0.3) is 0 Å². The molecule has 3 rings (SSSR count). The van der Waals surface area contributed by atoms with Crippen LogP contribution in [0.15, 0.2) is 53.4 Å². The predicted octanol–water partition coefficient (Wildman–Crippen LogP) is 1.14. The van der Waals surface area contributed by atoms with Crippen molar-refractivity contribution in [2.75, 3.05) is 10.6 Å². The van der Waals surface area contributed by atoms with Crippen molar-refractivity contribution in [3.8, 4) is 11.4 Å². The lowest BCUT2D eigenvalue weighted by Gasteiger charge is -2.15. The van der Waals surface area contributed by atoms with Crippen LogP contribution < -0.4 is 15.4 Å². The molecule has 12 heteroatoms. The van der Waals surface area contributed by atoms with E-state index in [0.29, 0.717) is 22.8 Å². The fraction of sp³-hybridized carbons (Fsp3) is 0.211. The quantitative estimate of drug-likeness (QED) is 0.496. The van der Waals surface area contributed by atoms with Gasteiger partial charge in [0, 0.05) is 30.9 Å². The van der Waals surface area contributed by atoms with Crippen LogP contribution in [0, 0.1) is 0 Å². The number of hydrogen-bond acceptors (Lipinski definition) is 7. The molecule has 3 aromatic rings. The zero-order valence-corrected chi connectivity index (χ0v) is 17.8. The Balaban J connectivity index is 1.67. The molecule has 0 bridgehead atoms. The predicted molar refractivity (Wildman–Crippen MR) is 113 cm³/mol. The number of anilines is 2. The number of carbonyl (C=O) groups excluding carboxylic acids is 2. The summed E-state index contributed by atoms with van der Waals surface area (Å²) < 4.78 is 29.0. The summed E-state index contributed by atoms with van der Waals surface area (Å²) in [5.74, 6) is -0.280. The molecule has 0 fully saturated rings. The summed E-state index contributed by atoms with van der Waals surface area (Å²) in [4.78, 5) is 23.6. The van der Waals surface area contributed by atoms with Crippen molar-refractivity contribution >= 4 is 33.2 Å². The molecule has 0 radical (unpaired) electrons. The second-order valence-electron chi connectivity index (χ2n) is 6.74. The Hall–Kier alpha value is -3.64. The van der Waals surface area contributed by atoms with Gasteiger partial charge in [-0.05, 0) is 53.7 Å². The van der Waals surface area contributed by atoms with Gasteiger partial charge in [-0.1, -0.05) is 12.1 Å². The molecular weight excluding hydrogens is 422 g/mol. The lowest BCUT2D eigenvalue weighted by Crippen LogP contribution is -2.41. The number of aryl methyl sites for hydroxylation is 1. The van der Waals surface area contributed by atoms with E-state index in [-0.39, 0.29) is 10.8 Å². The summed E-state index contributed by atoms with van der Waals surface area (Å²) in [6, 6.07) is 11.5. The van der Waals surface area contributed by atoms with E-state index in [4.69, 9.17) is 0 Å². The van der Waals surface area contributed by atoms with Crippen molar-refractivity contribution in [1.29, 1.82) is 0 Å². The van der Waals surface area contributed by atoms with Crippen molar-refractivity contribution in [3.63, 3.8) is 0 Å². The van der Waals surface area contributed by atoms with Crippen LogP contribution in [-0.4, -0.2) is 46.5 Å². The van der Waals surface area contributed by atoms with Crippen molar-refractivity contribution in [1.82, 2.24) is 24.9 Å². The highest BCUT2D eigenvalue weighted by Gasteiger charge is 2.22.